The van der Waals surface area contributed by atoms with Crippen LogP contribution in [-0.4, -0.2) is 66.0 Å². The van der Waals surface area contributed by atoms with Crippen molar-refractivity contribution in [2.45, 2.75) is 55.8 Å². The van der Waals surface area contributed by atoms with Gasteiger partial charge >= 0.3 is 6.09 Å². The van der Waals surface area contributed by atoms with Crippen LogP contribution in [0, 0.1) is 5.92 Å². The molecule has 2 aliphatic rings. The summed E-state index contributed by atoms with van der Waals surface area (Å²) in [5, 5.41) is 16.8. The number of nitrogens with one attached hydrogen (secondary N) is 3. The van der Waals surface area contributed by atoms with Crippen LogP contribution < -0.4 is 21.7 Å². The van der Waals surface area contributed by atoms with Crippen LogP contribution >= 0.6 is 15.9 Å². The van der Waals surface area contributed by atoms with Crippen molar-refractivity contribution in [3.8, 4) is 0 Å². The number of Topliss-reactive ketones (excluding diaryl/α,β-unsaturated/α-hetero) is 1. The van der Waals surface area contributed by atoms with Crippen LogP contribution in [0.25, 0.3) is 5.57 Å². The molecule has 0 bridgehead atoms. The summed E-state index contributed by atoms with van der Waals surface area (Å²) in [6.45, 7) is 0.420. The van der Waals surface area contributed by atoms with Crippen molar-refractivity contribution in [3.05, 3.63) is 57.8 Å². The predicted octanol–water partition coefficient (Wildman–Crippen LogP) is 0.886. The Labute approximate surface area is 249 Å². The molecule has 6 N–H and O–H groups in total. The first kappa shape index (κ1) is 31.0. The number of hydrogen-bond acceptors (Lipinski definition) is 7. The van der Waals surface area contributed by atoms with Crippen LogP contribution in [0.1, 0.15) is 36.1 Å². The Kier molecular flexibility index (Phi) is 9.21. The minimum atomic E-state index is -3.38. The Morgan fingerprint density at radius 2 is 1.88 bits per heavy atom. The number of hydrogen-bond donors (Lipinski definition) is 5. The second-order valence-corrected chi connectivity index (χ2v) is 13.1. The fourth-order valence-corrected chi connectivity index (χ4v) is 6.33. The van der Waals surface area contributed by atoms with Gasteiger partial charge in [-0.3, -0.25) is 19.2 Å². The number of nitrogens with zero attached hydrogens (tertiary/aromatic N) is 1. The number of nitrogens with two attached hydrogens (primary N) is 1. The third-order valence-electron chi connectivity index (χ3n) is 7.18. The molecule has 15 heteroatoms. The van der Waals surface area contributed by atoms with Gasteiger partial charge in [0, 0.05) is 31.3 Å². The van der Waals surface area contributed by atoms with Gasteiger partial charge in [0.05, 0.1) is 27.2 Å². The topological polar surface area (TPSA) is 207 Å². The number of halogens is 1. The fraction of sp³-hybridized carbons (Fsp3) is 0.370. The minimum Gasteiger partial charge on any atom is -0.465 e. The van der Waals surface area contributed by atoms with Gasteiger partial charge < -0.3 is 31.4 Å². The highest BCUT2D eigenvalue weighted by atomic mass is 79.9. The van der Waals surface area contributed by atoms with Gasteiger partial charge in [0.15, 0.2) is 15.6 Å². The molecule has 0 spiro atoms. The molecule has 4 amide bonds. The lowest BCUT2D eigenvalue weighted by molar-refractivity contribution is -0.131. The molecule has 0 radical (unpaired) electrons. The first-order valence-corrected chi connectivity index (χ1v) is 15.7. The molecule has 0 saturated heterocycles. The summed E-state index contributed by atoms with van der Waals surface area (Å²) in [6.07, 6.45) is 1.47. The summed E-state index contributed by atoms with van der Waals surface area (Å²) in [6, 6.07) is 5.65. The second-order valence-electron chi connectivity index (χ2n) is 10.2. The summed E-state index contributed by atoms with van der Waals surface area (Å²) in [5.74, 6) is -3.10. The van der Waals surface area contributed by atoms with Gasteiger partial charge in [-0.25, -0.2) is 13.2 Å². The molecular formula is C27H30BrN5O8S. The monoisotopic (exact) mass is 663 g/mol. The van der Waals surface area contributed by atoms with E-state index >= 15 is 0 Å². The number of carbonyl (C=O) groups excluding carboxylic acids is 4. The maximum absolute atomic E-state index is 13.4. The number of benzene rings is 1. The molecule has 0 saturated carbocycles. The molecule has 1 aromatic heterocycles. The van der Waals surface area contributed by atoms with E-state index in [0.717, 1.165) is 11.8 Å². The Hall–Kier alpha value is -3.98. The molecule has 2 aromatic rings. The van der Waals surface area contributed by atoms with Gasteiger partial charge in [-0.15, -0.1) is 0 Å². The molecule has 13 nitrogen and oxygen atoms in total. The standard InChI is InChI=1S/C27H30BrN5O8S/c1-42(40,41)17-4-2-14(3-5-17)13-30-26(37)20(6-7-22(29)34)31-25(36)16-10-15-12-21(28)33-9-8-19(32-27(38)39)24(35)18(11-16)23(15)33/h2-5,11-12,16,19-20,32H,6-10,13H2,1H3,(H2,29,34)(H,30,37)(H,31,36)(H,38,39)/t16-,19-,20?/m0/s1. The van der Waals surface area contributed by atoms with Gasteiger partial charge in [0.25, 0.3) is 0 Å². The third kappa shape index (κ3) is 7.07. The van der Waals surface area contributed by atoms with Crippen molar-refractivity contribution in [2.75, 3.05) is 6.26 Å². The molecule has 1 aromatic carbocycles. The quantitative estimate of drug-likeness (QED) is 0.246. The van der Waals surface area contributed by atoms with E-state index in [1.54, 1.807) is 12.1 Å². The van der Waals surface area contributed by atoms with Crippen LogP contribution in [0.4, 0.5) is 4.79 Å². The third-order valence-corrected chi connectivity index (χ3v) is 8.96. The lowest BCUT2D eigenvalue weighted by Gasteiger charge is -2.25. The molecule has 1 aliphatic heterocycles. The van der Waals surface area contributed by atoms with E-state index in [-0.39, 0.29) is 42.7 Å². The summed E-state index contributed by atoms with van der Waals surface area (Å²) >= 11 is 3.49. The Bertz CT molecular complexity index is 1580. The molecule has 3 atom stereocenters. The molecule has 1 aliphatic carbocycles. The number of sulfone groups is 1. The summed E-state index contributed by atoms with van der Waals surface area (Å²) in [7, 11) is -3.38. The lowest BCUT2D eigenvalue weighted by Crippen LogP contribution is -2.49. The zero-order valence-corrected chi connectivity index (χ0v) is 25.0. The van der Waals surface area contributed by atoms with Crippen LogP contribution in [0.2, 0.25) is 0 Å². The molecule has 224 valence electrons. The van der Waals surface area contributed by atoms with Crippen LogP contribution in [0.3, 0.4) is 0 Å². The van der Waals surface area contributed by atoms with Crippen molar-refractivity contribution >= 4 is 60.9 Å². The average Bonchev–Trinajstić information content (AvgIpc) is 3.17. The highest BCUT2D eigenvalue weighted by Gasteiger charge is 2.37. The molecule has 1 unspecified atom stereocenters. The zero-order valence-electron chi connectivity index (χ0n) is 22.6. The Morgan fingerprint density at radius 1 is 1.19 bits per heavy atom. The number of rotatable bonds is 10. The van der Waals surface area contributed by atoms with Gasteiger partial charge in [-0.05, 0) is 64.5 Å². The summed E-state index contributed by atoms with van der Waals surface area (Å²) in [5.41, 5.74) is 7.46. The number of aromatic nitrogens is 1. The van der Waals surface area contributed by atoms with Crippen LogP contribution in [0.15, 0.2) is 45.9 Å². The number of primary amides is 1. The largest absolute Gasteiger partial charge is 0.465 e. The maximum atomic E-state index is 13.4. The highest BCUT2D eigenvalue weighted by molar-refractivity contribution is 9.10. The molecule has 2 heterocycles. The summed E-state index contributed by atoms with van der Waals surface area (Å²) in [4.78, 5) is 62.8. The van der Waals surface area contributed by atoms with Crippen molar-refractivity contribution in [1.29, 1.82) is 0 Å². The van der Waals surface area contributed by atoms with E-state index in [0.29, 0.717) is 22.4 Å². The fourth-order valence-electron chi connectivity index (χ4n) is 5.07. The first-order valence-electron chi connectivity index (χ1n) is 13.0. The Morgan fingerprint density at radius 3 is 2.50 bits per heavy atom. The van der Waals surface area contributed by atoms with Gasteiger partial charge in [-0.2, -0.15) is 0 Å². The average molecular weight is 665 g/mol. The second kappa shape index (κ2) is 12.5. The normalized spacial score (nSPS) is 18.6. The SMILES string of the molecule is CS(=O)(=O)c1ccc(CNC(=O)C(CCC(N)=O)NC(=O)[C@@H]2C=C3C(=O)[C@@H](NC(=O)O)CCn4c(Br)cc(c43)C2)cc1. The van der Waals surface area contributed by atoms with Crippen molar-refractivity contribution in [3.63, 3.8) is 0 Å². The van der Waals surface area contributed by atoms with Gasteiger partial charge in [0.2, 0.25) is 17.7 Å². The highest BCUT2D eigenvalue weighted by Crippen LogP contribution is 2.37. The molecule has 42 heavy (non-hydrogen) atoms. The van der Waals surface area contributed by atoms with E-state index in [9.17, 15) is 37.5 Å². The predicted molar refractivity (Wildman–Crippen MR) is 154 cm³/mol. The number of amides is 4. The van der Waals surface area contributed by atoms with E-state index in [1.165, 1.54) is 18.2 Å². The maximum Gasteiger partial charge on any atom is 0.405 e. The van der Waals surface area contributed by atoms with E-state index in [2.05, 4.69) is 31.9 Å². The number of carboxylic acid groups (broad SMARTS) is 1. The molecule has 0 fully saturated rings. The van der Waals surface area contributed by atoms with E-state index in [1.807, 2.05) is 10.6 Å². The van der Waals surface area contributed by atoms with E-state index in [4.69, 9.17) is 5.73 Å². The van der Waals surface area contributed by atoms with Crippen molar-refractivity contribution < 1.29 is 37.5 Å². The minimum absolute atomic E-state index is 0.0384. The zero-order chi connectivity index (χ0) is 30.8. The van der Waals surface area contributed by atoms with Crippen molar-refractivity contribution in [2.24, 2.45) is 11.7 Å². The van der Waals surface area contributed by atoms with Crippen LogP contribution in [-0.2, 0) is 48.5 Å². The molecular weight excluding hydrogens is 634 g/mol. The first-order chi connectivity index (χ1) is 19.7. The lowest BCUT2D eigenvalue weighted by atomic mass is 9.85. The van der Waals surface area contributed by atoms with Crippen LogP contribution in [0.5, 0.6) is 0 Å². The number of carbonyl (C=O) groups is 5. The van der Waals surface area contributed by atoms with Crippen molar-refractivity contribution in [1.82, 2.24) is 20.5 Å². The van der Waals surface area contributed by atoms with Gasteiger partial charge in [0.1, 0.15) is 6.04 Å². The van der Waals surface area contributed by atoms with E-state index < -0.39 is 57.4 Å². The Balaban J connectivity index is 1.52. The molecule has 4 rings (SSSR count). The number of ketones is 1. The van der Waals surface area contributed by atoms with Gasteiger partial charge in [-0.1, -0.05) is 18.2 Å². The smallest absolute Gasteiger partial charge is 0.405 e. The summed E-state index contributed by atoms with van der Waals surface area (Å²) < 4.78 is 25.9.